The second-order valence-electron chi connectivity index (χ2n) is 3.26. The van der Waals surface area contributed by atoms with Crippen molar-refractivity contribution in [2.75, 3.05) is 12.4 Å². The molecule has 72 valence electrons. The smallest absolute Gasteiger partial charge is 0.149 e. The fourth-order valence-corrected chi connectivity index (χ4v) is 1.16. The van der Waals surface area contributed by atoms with E-state index in [9.17, 15) is 8.78 Å². The van der Waals surface area contributed by atoms with Gasteiger partial charge in [-0.15, -0.1) is 0 Å². The minimum atomic E-state index is -0.536. The predicted octanol–water partition coefficient (Wildman–Crippen LogP) is 3.13. The molecule has 0 aromatic heterocycles. The van der Waals surface area contributed by atoms with E-state index in [0.29, 0.717) is 5.56 Å². The number of hydrogen-bond donors (Lipinski definition) is 1. The third-order valence-corrected chi connectivity index (χ3v) is 1.98. The molecule has 0 radical (unpaired) electrons. The molecule has 1 rings (SSSR count). The summed E-state index contributed by atoms with van der Waals surface area (Å²) >= 11 is 0. The topological polar surface area (TPSA) is 12.0 Å². The van der Waals surface area contributed by atoms with Gasteiger partial charge in [-0.3, -0.25) is 0 Å². The van der Waals surface area contributed by atoms with Crippen LogP contribution in [0.5, 0.6) is 0 Å². The van der Waals surface area contributed by atoms with Crippen molar-refractivity contribution in [3.05, 3.63) is 29.3 Å². The first-order valence-electron chi connectivity index (χ1n) is 4.23. The molecule has 0 bridgehead atoms. The number of rotatable bonds is 2. The Bertz CT molecular complexity index is 285. The molecule has 1 nitrogen and oxygen atoms in total. The lowest BCUT2D eigenvalue weighted by atomic mass is 10.0. The van der Waals surface area contributed by atoms with E-state index in [1.807, 2.05) is 13.8 Å². The Morgan fingerprint density at radius 3 is 1.92 bits per heavy atom. The van der Waals surface area contributed by atoms with E-state index in [0.717, 1.165) is 0 Å². The van der Waals surface area contributed by atoms with Crippen molar-refractivity contribution < 1.29 is 8.78 Å². The van der Waals surface area contributed by atoms with Crippen molar-refractivity contribution in [1.82, 2.24) is 0 Å². The Balaban J connectivity index is 3.20. The van der Waals surface area contributed by atoms with Crippen molar-refractivity contribution in [2.45, 2.75) is 19.8 Å². The Morgan fingerprint density at radius 2 is 1.62 bits per heavy atom. The summed E-state index contributed by atoms with van der Waals surface area (Å²) in [4.78, 5) is 0. The highest BCUT2D eigenvalue weighted by atomic mass is 19.1. The highest BCUT2D eigenvalue weighted by molar-refractivity contribution is 5.47. The molecular formula is C10H13F2N. The molecule has 1 aromatic rings. The van der Waals surface area contributed by atoms with Crippen LogP contribution in [-0.4, -0.2) is 7.05 Å². The third kappa shape index (κ3) is 1.97. The third-order valence-electron chi connectivity index (χ3n) is 1.98. The van der Waals surface area contributed by atoms with E-state index in [1.54, 1.807) is 0 Å². The van der Waals surface area contributed by atoms with Gasteiger partial charge < -0.3 is 5.32 Å². The van der Waals surface area contributed by atoms with Crippen LogP contribution in [0.1, 0.15) is 25.3 Å². The average molecular weight is 185 g/mol. The van der Waals surface area contributed by atoms with Crippen LogP contribution in [0.3, 0.4) is 0 Å². The zero-order valence-electron chi connectivity index (χ0n) is 7.99. The lowest BCUT2D eigenvalue weighted by Crippen LogP contribution is -1.99. The summed E-state index contributed by atoms with van der Waals surface area (Å²) in [5, 5.41) is 2.48. The lowest BCUT2D eigenvalue weighted by molar-refractivity contribution is 0.583. The highest BCUT2D eigenvalue weighted by Gasteiger charge is 2.10. The Kier molecular flexibility index (Phi) is 2.86. The van der Waals surface area contributed by atoms with Crippen molar-refractivity contribution >= 4 is 5.69 Å². The van der Waals surface area contributed by atoms with Crippen LogP contribution < -0.4 is 5.32 Å². The molecule has 0 atom stereocenters. The predicted molar refractivity (Wildman–Crippen MR) is 50.0 cm³/mol. The monoisotopic (exact) mass is 185 g/mol. The molecule has 13 heavy (non-hydrogen) atoms. The highest BCUT2D eigenvalue weighted by Crippen LogP contribution is 2.24. The quantitative estimate of drug-likeness (QED) is 0.746. The van der Waals surface area contributed by atoms with Gasteiger partial charge in [-0.2, -0.15) is 0 Å². The number of halogens is 2. The van der Waals surface area contributed by atoms with Crippen molar-refractivity contribution in [3.63, 3.8) is 0 Å². The van der Waals surface area contributed by atoms with Gasteiger partial charge in [0.05, 0.1) is 0 Å². The van der Waals surface area contributed by atoms with Gasteiger partial charge in [0, 0.05) is 7.05 Å². The Labute approximate surface area is 76.8 Å². The molecule has 0 saturated heterocycles. The zero-order valence-corrected chi connectivity index (χ0v) is 7.99. The first kappa shape index (κ1) is 9.96. The van der Waals surface area contributed by atoms with E-state index < -0.39 is 11.6 Å². The molecule has 0 saturated carbocycles. The lowest BCUT2D eigenvalue weighted by Gasteiger charge is -2.09. The van der Waals surface area contributed by atoms with Crippen LogP contribution in [0.4, 0.5) is 14.5 Å². The molecule has 1 N–H and O–H groups in total. The van der Waals surface area contributed by atoms with E-state index >= 15 is 0 Å². The summed E-state index contributed by atoms with van der Waals surface area (Å²) in [6.07, 6.45) is 0. The molecular weight excluding hydrogens is 172 g/mol. The summed E-state index contributed by atoms with van der Waals surface area (Å²) in [6.45, 7) is 3.79. The van der Waals surface area contributed by atoms with E-state index in [1.165, 1.54) is 19.2 Å². The number of hydrogen-bond acceptors (Lipinski definition) is 1. The van der Waals surface area contributed by atoms with Crippen LogP contribution in [0.15, 0.2) is 12.1 Å². The maximum absolute atomic E-state index is 13.2. The zero-order chi connectivity index (χ0) is 10.0. The molecule has 0 aliphatic heterocycles. The largest absolute Gasteiger partial charge is 0.383 e. The molecule has 0 spiro atoms. The summed E-state index contributed by atoms with van der Waals surface area (Å²) in [5.74, 6) is -0.938. The molecule has 0 unspecified atom stereocenters. The van der Waals surface area contributed by atoms with Crippen LogP contribution in [0.25, 0.3) is 0 Å². The minimum absolute atomic E-state index is 0.0654. The van der Waals surface area contributed by atoms with Gasteiger partial charge in [-0.05, 0) is 23.6 Å². The van der Waals surface area contributed by atoms with Gasteiger partial charge in [0.1, 0.15) is 17.3 Å². The number of benzene rings is 1. The maximum Gasteiger partial charge on any atom is 0.149 e. The summed E-state index contributed by atoms with van der Waals surface area (Å²) < 4.78 is 26.3. The van der Waals surface area contributed by atoms with Crippen LogP contribution in [0.2, 0.25) is 0 Å². The van der Waals surface area contributed by atoms with E-state index in [-0.39, 0.29) is 11.6 Å². The first-order valence-corrected chi connectivity index (χ1v) is 4.23. The number of nitrogens with one attached hydrogen (secondary N) is 1. The standard InChI is InChI=1S/C10H13F2N/c1-6(2)7-4-8(11)10(13-3)9(12)5-7/h4-6,13H,1-3H3. The van der Waals surface area contributed by atoms with E-state index in [4.69, 9.17) is 0 Å². The van der Waals surface area contributed by atoms with Gasteiger partial charge in [-0.1, -0.05) is 13.8 Å². The van der Waals surface area contributed by atoms with Crippen LogP contribution in [0, 0.1) is 11.6 Å². The normalized spacial score (nSPS) is 10.6. The summed E-state index contributed by atoms with van der Waals surface area (Å²) in [7, 11) is 1.50. The van der Waals surface area contributed by atoms with Gasteiger partial charge in [0.2, 0.25) is 0 Å². The molecule has 0 fully saturated rings. The molecule has 1 aromatic carbocycles. The summed E-state index contributed by atoms with van der Waals surface area (Å²) in [6, 6.07) is 2.72. The first-order chi connectivity index (χ1) is 6.06. The van der Waals surface area contributed by atoms with Gasteiger partial charge in [0.15, 0.2) is 0 Å². The number of anilines is 1. The minimum Gasteiger partial charge on any atom is -0.383 e. The average Bonchev–Trinajstić information content (AvgIpc) is 2.03. The summed E-state index contributed by atoms with van der Waals surface area (Å²) in [5.41, 5.74) is 0.610. The van der Waals surface area contributed by atoms with E-state index in [2.05, 4.69) is 5.32 Å². The molecule has 0 aliphatic carbocycles. The van der Waals surface area contributed by atoms with Crippen LogP contribution >= 0.6 is 0 Å². The van der Waals surface area contributed by atoms with Crippen LogP contribution in [-0.2, 0) is 0 Å². The maximum atomic E-state index is 13.2. The molecule has 0 amide bonds. The second kappa shape index (κ2) is 3.73. The Morgan fingerprint density at radius 1 is 1.15 bits per heavy atom. The van der Waals surface area contributed by atoms with Gasteiger partial charge in [-0.25, -0.2) is 8.78 Å². The van der Waals surface area contributed by atoms with Gasteiger partial charge >= 0.3 is 0 Å². The fraction of sp³-hybridized carbons (Fsp3) is 0.400. The Hall–Kier alpha value is -1.12. The molecule has 0 heterocycles. The SMILES string of the molecule is CNc1c(F)cc(C(C)C)cc1F. The van der Waals surface area contributed by atoms with Gasteiger partial charge in [0.25, 0.3) is 0 Å². The molecule has 0 aliphatic rings. The molecule has 3 heteroatoms. The van der Waals surface area contributed by atoms with Crippen molar-refractivity contribution in [3.8, 4) is 0 Å². The second-order valence-corrected chi connectivity index (χ2v) is 3.26. The van der Waals surface area contributed by atoms with Crippen molar-refractivity contribution in [1.29, 1.82) is 0 Å². The fourth-order valence-electron chi connectivity index (χ4n) is 1.16. The van der Waals surface area contributed by atoms with Crippen molar-refractivity contribution in [2.24, 2.45) is 0 Å².